The monoisotopic (exact) mass is 384 g/mol. The topological polar surface area (TPSA) is 62.7 Å². The number of rotatable bonds is 5. The molecule has 0 atom stereocenters. The predicted octanol–water partition coefficient (Wildman–Crippen LogP) is 4.22. The average Bonchev–Trinajstić information content (AvgIpc) is 3.40. The number of H-pyrrole nitrogens is 1. The van der Waals surface area contributed by atoms with Gasteiger partial charge in [-0.05, 0) is 48.4 Å². The van der Waals surface area contributed by atoms with Crippen molar-refractivity contribution >= 4 is 16.8 Å². The molecular weight excluding hydrogens is 360 g/mol. The van der Waals surface area contributed by atoms with Crippen molar-refractivity contribution in [3.8, 4) is 0 Å². The largest absolute Gasteiger partial charge is 0.358 e. The highest BCUT2D eigenvalue weighted by Crippen LogP contribution is 2.30. The van der Waals surface area contributed by atoms with E-state index in [1.54, 1.807) is 6.20 Å². The molecule has 2 aromatic carbocycles. The molecule has 5 heteroatoms. The number of fused-ring (bicyclic) bond motifs is 3. The number of aryl methyl sites for hydroxylation is 2. The van der Waals surface area contributed by atoms with Crippen molar-refractivity contribution in [3.63, 3.8) is 0 Å². The summed E-state index contributed by atoms with van der Waals surface area (Å²) in [4.78, 5) is 20.5. The van der Waals surface area contributed by atoms with Gasteiger partial charge < -0.3 is 14.9 Å². The molecule has 2 N–H and O–H groups in total. The normalized spacial score (nSPS) is 13.4. The molecule has 146 valence electrons. The summed E-state index contributed by atoms with van der Waals surface area (Å²) in [6, 6.07) is 14.4. The number of nitrogens with one attached hydrogen (secondary N) is 2. The Labute approximate surface area is 169 Å². The van der Waals surface area contributed by atoms with Crippen LogP contribution in [0.5, 0.6) is 0 Å². The number of benzene rings is 2. The zero-order valence-corrected chi connectivity index (χ0v) is 16.3. The minimum absolute atomic E-state index is 0.0308. The number of aromatic amines is 1. The van der Waals surface area contributed by atoms with Crippen molar-refractivity contribution in [3.05, 3.63) is 89.1 Å². The smallest absolute Gasteiger partial charge is 0.253 e. The fourth-order valence-electron chi connectivity index (χ4n) is 4.25. The number of amides is 1. The van der Waals surface area contributed by atoms with E-state index in [2.05, 4.69) is 45.6 Å². The SMILES string of the molecule is O=C(NCc1ccc(Cn2ccnc2)cc1)c1cccc2c3c([nH]c12)CCCC3. The van der Waals surface area contributed by atoms with Gasteiger partial charge in [0.25, 0.3) is 5.91 Å². The second-order valence-electron chi connectivity index (χ2n) is 7.75. The Morgan fingerprint density at radius 2 is 1.90 bits per heavy atom. The van der Waals surface area contributed by atoms with Gasteiger partial charge in [-0.1, -0.05) is 36.4 Å². The summed E-state index contributed by atoms with van der Waals surface area (Å²) in [5.74, 6) is -0.0308. The molecule has 0 saturated carbocycles. The standard InChI is InChI=1S/C24H24N4O/c29-24(21-6-3-5-20-19-4-1-2-7-22(19)27-23(20)21)26-14-17-8-10-18(11-9-17)15-28-13-12-25-16-28/h3,5-6,8-13,16,27H,1-2,4,7,14-15H2,(H,26,29). The lowest BCUT2D eigenvalue weighted by Gasteiger charge is -2.10. The van der Waals surface area contributed by atoms with E-state index in [0.717, 1.165) is 36.0 Å². The van der Waals surface area contributed by atoms with Crippen LogP contribution in [0.1, 0.15) is 45.6 Å². The molecule has 2 aromatic heterocycles. The van der Waals surface area contributed by atoms with Crippen molar-refractivity contribution in [1.29, 1.82) is 0 Å². The molecule has 0 radical (unpaired) electrons. The number of carbonyl (C=O) groups excluding carboxylic acids is 1. The number of carbonyl (C=O) groups is 1. The fraction of sp³-hybridized carbons (Fsp3) is 0.250. The van der Waals surface area contributed by atoms with Gasteiger partial charge in [0, 0.05) is 36.6 Å². The van der Waals surface area contributed by atoms with Gasteiger partial charge >= 0.3 is 0 Å². The molecule has 5 rings (SSSR count). The summed E-state index contributed by atoms with van der Waals surface area (Å²) >= 11 is 0. The van der Waals surface area contributed by atoms with Crippen LogP contribution in [0.2, 0.25) is 0 Å². The maximum absolute atomic E-state index is 12.9. The van der Waals surface area contributed by atoms with E-state index >= 15 is 0 Å². The molecule has 29 heavy (non-hydrogen) atoms. The van der Waals surface area contributed by atoms with Crippen molar-refractivity contribution in [2.45, 2.75) is 38.8 Å². The van der Waals surface area contributed by atoms with Gasteiger partial charge in [0.15, 0.2) is 0 Å². The van der Waals surface area contributed by atoms with Gasteiger partial charge in [-0.2, -0.15) is 0 Å². The highest BCUT2D eigenvalue weighted by Gasteiger charge is 2.19. The Morgan fingerprint density at radius 3 is 2.72 bits per heavy atom. The van der Waals surface area contributed by atoms with E-state index in [-0.39, 0.29) is 5.91 Å². The van der Waals surface area contributed by atoms with Gasteiger partial charge in [0.05, 0.1) is 17.4 Å². The Morgan fingerprint density at radius 1 is 1.07 bits per heavy atom. The van der Waals surface area contributed by atoms with E-state index in [9.17, 15) is 4.79 Å². The molecule has 0 saturated heterocycles. The number of aromatic nitrogens is 3. The lowest BCUT2D eigenvalue weighted by molar-refractivity contribution is 0.0952. The van der Waals surface area contributed by atoms with Crippen molar-refractivity contribution < 1.29 is 4.79 Å². The van der Waals surface area contributed by atoms with E-state index in [1.807, 2.05) is 29.2 Å². The second-order valence-corrected chi connectivity index (χ2v) is 7.75. The van der Waals surface area contributed by atoms with E-state index in [1.165, 1.54) is 35.0 Å². The average molecular weight is 384 g/mol. The van der Waals surface area contributed by atoms with E-state index in [0.29, 0.717) is 6.54 Å². The van der Waals surface area contributed by atoms with Crippen molar-refractivity contribution in [2.75, 3.05) is 0 Å². The summed E-state index contributed by atoms with van der Waals surface area (Å²) in [6.45, 7) is 1.31. The third-order valence-electron chi connectivity index (χ3n) is 5.78. The van der Waals surface area contributed by atoms with Crippen LogP contribution in [0.4, 0.5) is 0 Å². The molecule has 1 aliphatic carbocycles. The van der Waals surface area contributed by atoms with Crippen LogP contribution in [0.25, 0.3) is 10.9 Å². The van der Waals surface area contributed by atoms with Crippen LogP contribution in [0.3, 0.4) is 0 Å². The maximum atomic E-state index is 12.9. The maximum Gasteiger partial charge on any atom is 0.253 e. The van der Waals surface area contributed by atoms with E-state index in [4.69, 9.17) is 0 Å². The quantitative estimate of drug-likeness (QED) is 0.541. The van der Waals surface area contributed by atoms with Crippen molar-refractivity contribution in [2.24, 2.45) is 0 Å². The van der Waals surface area contributed by atoms with Crippen molar-refractivity contribution in [1.82, 2.24) is 19.9 Å². The summed E-state index contributed by atoms with van der Waals surface area (Å²) in [7, 11) is 0. The van der Waals surface area contributed by atoms with Crippen LogP contribution in [0, 0.1) is 0 Å². The second kappa shape index (κ2) is 7.59. The summed E-state index contributed by atoms with van der Waals surface area (Å²) in [5, 5.41) is 4.28. The molecule has 2 heterocycles. The van der Waals surface area contributed by atoms with Gasteiger partial charge in [-0.15, -0.1) is 0 Å². The first-order valence-corrected chi connectivity index (χ1v) is 10.2. The van der Waals surface area contributed by atoms with Gasteiger partial charge in [-0.3, -0.25) is 4.79 Å². The van der Waals surface area contributed by atoms with Crippen LogP contribution in [0.15, 0.2) is 61.2 Å². The van der Waals surface area contributed by atoms with E-state index < -0.39 is 0 Å². The highest BCUT2D eigenvalue weighted by atomic mass is 16.1. The minimum atomic E-state index is -0.0308. The van der Waals surface area contributed by atoms with Crippen LogP contribution in [-0.2, 0) is 25.9 Å². The number of hydrogen-bond donors (Lipinski definition) is 2. The molecule has 0 fully saturated rings. The Hall–Kier alpha value is -3.34. The number of para-hydroxylation sites is 1. The van der Waals surface area contributed by atoms with Gasteiger partial charge in [0.2, 0.25) is 0 Å². The molecule has 0 aliphatic heterocycles. The van der Waals surface area contributed by atoms with Gasteiger partial charge in [-0.25, -0.2) is 4.98 Å². The summed E-state index contributed by atoms with van der Waals surface area (Å²) in [5.41, 5.74) is 6.71. The summed E-state index contributed by atoms with van der Waals surface area (Å²) in [6.07, 6.45) is 10.2. The Kier molecular flexibility index (Phi) is 4.64. The van der Waals surface area contributed by atoms with Gasteiger partial charge in [0.1, 0.15) is 0 Å². The molecule has 1 aliphatic rings. The third-order valence-corrected chi connectivity index (χ3v) is 5.78. The van der Waals surface area contributed by atoms with Crippen LogP contribution >= 0.6 is 0 Å². The molecule has 1 amide bonds. The third kappa shape index (κ3) is 3.56. The fourth-order valence-corrected chi connectivity index (χ4v) is 4.25. The minimum Gasteiger partial charge on any atom is -0.358 e. The molecule has 0 bridgehead atoms. The Bertz CT molecular complexity index is 1140. The Balaban J connectivity index is 1.29. The van der Waals surface area contributed by atoms with Crippen LogP contribution in [-0.4, -0.2) is 20.4 Å². The molecule has 5 nitrogen and oxygen atoms in total. The molecule has 0 unspecified atom stereocenters. The number of hydrogen-bond acceptors (Lipinski definition) is 2. The molecule has 4 aromatic rings. The first-order valence-electron chi connectivity index (χ1n) is 10.2. The van der Waals surface area contributed by atoms with Crippen LogP contribution < -0.4 is 5.32 Å². The summed E-state index contributed by atoms with van der Waals surface area (Å²) < 4.78 is 2.04. The highest BCUT2D eigenvalue weighted by molar-refractivity contribution is 6.06. The molecular formula is C24H24N4O. The zero-order chi connectivity index (χ0) is 19.6. The number of imidazole rings is 1. The molecule has 0 spiro atoms. The zero-order valence-electron chi connectivity index (χ0n) is 16.3. The number of nitrogens with zero attached hydrogens (tertiary/aromatic N) is 2. The first-order chi connectivity index (χ1) is 14.3. The lowest BCUT2D eigenvalue weighted by atomic mass is 9.95. The first kappa shape index (κ1) is 17.7. The predicted molar refractivity (Wildman–Crippen MR) is 114 cm³/mol. The lowest BCUT2D eigenvalue weighted by Crippen LogP contribution is -2.23.